The molecule has 0 saturated carbocycles. The first-order chi connectivity index (χ1) is 14.2. The SMILES string of the molecule is O=C1c2ccccc2C(=O)N1CCCCSc1nnc(NCc2ccccc2)s1. The molecule has 29 heavy (non-hydrogen) atoms. The Balaban J connectivity index is 1.18. The van der Waals surface area contributed by atoms with E-state index < -0.39 is 0 Å². The summed E-state index contributed by atoms with van der Waals surface area (Å²) in [7, 11) is 0. The number of amides is 2. The summed E-state index contributed by atoms with van der Waals surface area (Å²) in [5, 5.41) is 12.5. The molecule has 1 aliphatic rings. The first kappa shape index (κ1) is 19.6. The molecule has 2 aromatic carbocycles. The smallest absolute Gasteiger partial charge is 0.261 e. The molecule has 0 unspecified atom stereocenters. The van der Waals surface area contributed by atoms with Crippen molar-refractivity contribution in [3.63, 3.8) is 0 Å². The Labute approximate surface area is 177 Å². The predicted octanol–water partition coefficient (Wildman–Crippen LogP) is 4.32. The molecule has 1 aromatic heterocycles. The van der Waals surface area contributed by atoms with Crippen molar-refractivity contribution < 1.29 is 9.59 Å². The Morgan fingerprint density at radius 2 is 1.59 bits per heavy atom. The molecule has 2 amide bonds. The van der Waals surface area contributed by atoms with E-state index in [0.717, 1.165) is 34.6 Å². The molecule has 148 valence electrons. The Morgan fingerprint density at radius 3 is 2.31 bits per heavy atom. The van der Waals surface area contributed by atoms with E-state index >= 15 is 0 Å². The van der Waals surface area contributed by atoms with Crippen LogP contribution in [0.15, 0.2) is 58.9 Å². The van der Waals surface area contributed by atoms with Crippen LogP contribution in [0.3, 0.4) is 0 Å². The number of fused-ring (bicyclic) bond motifs is 1. The molecule has 4 rings (SSSR count). The van der Waals surface area contributed by atoms with Crippen LogP contribution in [0, 0.1) is 0 Å². The number of thioether (sulfide) groups is 1. The average molecular weight is 425 g/mol. The largest absolute Gasteiger partial charge is 0.356 e. The van der Waals surface area contributed by atoms with Crippen molar-refractivity contribution in [2.75, 3.05) is 17.6 Å². The normalized spacial score (nSPS) is 13.0. The van der Waals surface area contributed by atoms with Crippen molar-refractivity contribution in [2.24, 2.45) is 0 Å². The van der Waals surface area contributed by atoms with Gasteiger partial charge in [0.15, 0.2) is 4.34 Å². The number of carbonyl (C=O) groups excluding carboxylic acids is 2. The number of nitrogens with zero attached hydrogens (tertiary/aromatic N) is 3. The van der Waals surface area contributed by atoms with E-state index in [2.05, 4.69) is 27.6 Å². The van der Waals surface area contributed by atoms with Gasteiger partial charge in [0.05, 0.1) is 11.1 Å². The Hall–Kier alpha value is -2.71. The Kier molecular flexibility index (Phi) is 6.21. The lowest BCUT2D eigenvalue weighted by molar-refractivity contribution is 0.0652. The molecule has 8 heteroatoms. The number of anilines is 1. The lowest BCUT2D eigenvalue weighted by Gasteiger charge is -2.13. The van der Waals surface area contributed by atoms with Crippen LogP contribution < -0.4 is 5.32 Å². The number of unbranched alkanes of at least 4 members (excludes halogenated alkanes) is 1. The minimum atomic E-state index is -0.184. The monoisotopic (exact) mass is 424 g/mol. The Bertz CT molecular complexity index is 972. The van der Waals surface area contributed by atoms with E-state index in [4.69, 9.17) is 0 Å². The lowest BCUT2D eigenvalue weighted by Crippen LogP contribution is -2.30. The summed E-state index contributed by atoms with van der Waals surface area (Å²) in [4.78, 5) is 26.0. The lowest BCUT2D eigenvalue weighted by atomic mass is 10.1. The van der Waals surface area contributed by atoms with E-state index in [1.54, 1.807) is 36.0 Å². The van der Waals surface area contributed by atoms with Gasteiger partial charge in [0, 0.05) is 18.8 Å². The number of benzene rings is 2. The van der Waals surface area contributed by atoms with Crippen LogP contribution in [-0.4, -0.2) is 39.2 Å². The summed E-state index contributed by atoms with van der Waals surface area (Å²) < 4.78 is 0.918. The van der Waals surface area contributed by atoms with Gasteiger partial charge in [0.1, 0.15) is 0 Å². The zero-order chi connectivity index (χ0) is 20.1. The topological polar surface area (TPSA) is 75.2 Å². The fourth-order valence-electron chi connectivity index (χ4n) is 3.09. The number of hydrogen-bond donors (Lipinski definition) is 1. The highest BCUT2D eigenvalue weighted by Crippen LogP contribution is 2.27. The second-order valence-electron chi connectivity index (χ2n) is 6.58. The summed E-state index contributed by atoms with van der Waals surface area (Å²) in [6.45, 7) is 1.17. The van der Waals surface area contributed by atoms with Crippen molar-refractivity contribution >= 4 is 40.0 Å². The van der Waals surface area contributed by atoms with Gasteiger partial charge in [-0.25, -0.2) is 0 Å². The molecule has 0 spiro atoms. The highest BCUT2D eigenvalue weighted by molar-refractivity contribution is 8.01. The molecular weight excluding hydrogens is 404 g/mol. The fourth-order valence-corrected chi connectivity index (χ4v) is 4.90. The maximum atomic E-state index is 12.3. The van der Waals surface area contributed by atoms with Crippen LogP contribution in [0.2, 0.25) is 0 Å². The maximum absolute atomic E-state index is 12.3. The number of aromatic nitrogens is 2. The summed E-state index contributed by atoms with van der Waals surface area (Å²) in [5.41, 5.74) is 2.22. The fraction of sp³-hybridized carbons (Fsp3) is 0.238. The van der Waals surface area contributed by atoms with Gasteiger partial charge >= 0.3 is 0 Å². The molecular formula is C21H20N4O2S2. The van der Waals surface area contributed by atoms with Crippen LogP contribution in [0.25, 0.3) is 0 Å². The third kappa shape index (κ3) is 4.65. The van der Waals surface area contributed by atoms with Gasteiger partial charge in [0.25, 0.3) is 11.8 Å². The van der Waals surface area contributed by atoms with E-state index in [1.807, 2.05) is 18.2 Å². The zero-order valence-corrected chi connectivity index (χ0v) is 17.3. The summed E-state index contributed by atoms with van der Waals surface area (Å²) >= 11 is 3.19. The third-order valence-corrected chi connectivity index (χ3v) is 6.67. The Morgan fingerprint density at radius 1 is 0.897 bits per heavy atom. The molecule has 1 N–H and O–H groups in total. The van der Waals surface area contributed by atoms with E-state index in [-0.39, 0.29) is 11.8 Å². The van der Waals surface area contributed by atoms with Crippen molar-refractivity contribution in [3.05, 3.63) is 71.3 Å². The van der Waals surface area contributed by atoms with Crippen LogP contribution in [0.5, 0.6) is 0 Å². The standard InChI is InChI=1S/C21H20N4O2S2/c26-18-16-10-4-5-11-17(16)19(27)25(18)12-6-7-13-28-21-24-23-20(29-21)22-14-15-8-2-1-3-9-15/h1-5,8-11H,6-7,12-14H2,(H,22,23). The second kappa shape index (κ2) is 9.19. The van der Waals surface area contributed by atoms with Crippen LogP contribution >= 0.6 is 23.1 Å². The number of imide groups is 1. The number of carbonyl (C=O) groups is 2. The van der Waals surface area contributed by atoms with E-state index in [0.29, 0.717) is 17.7 Å². The van der Waals surface area contributed by atoms with Gasteiger partial charge in [-0.1, -0.05) is 65.6 Å². The third-order valence-electron chi connectivity index (χ3n) is 4.57. The van der Waals surface area contributed by atoms with Crippen molar-refractivity contribution in [1.29, 1.82) is 0 Å². The molecule has 0 bridgehead atoms. The summed E-state index contributed by atoms with van der Waals surface area (Å²) in [6, 6.07) is 17.2. The molecule has 0 saturated heterocycles. The molecule has 1 aliphatic heterocycles. The quantitative estimate of drug-likeness (QED) is 0.313. The summed E-state index contributed by atoms with van der Waals surface area (Å²) in [5.74, 6) is 0.504. The highest BCUT2D eigenvalue weighted by atomic mass is 32.2. The molecule has 2 heterocycles. The van der Waals surface area contributed by atoms with E-state index in [1.165, 1.54) is 21.8 Å². The highest BCUT2D eigenvalue weighted by Gasteiger charge is 2.34. The van der Waals surface area contributed by atoms with Crippen molar-refractivity contribution in [1.82, 2.24) is 15.1 Å². The average Bonchev–Trinajstić information content (AvgIpc) is 3.31. The van der Waals surface area contributed by atoms with E-state index in [9.17, 15) is 9.59 Å². The summed E-state index contributed by atoms with van der Waals surface area (Å²) in [6.07, 6.45) is 1.67. The molecule has 0 radical (unpaired) electrons. The first-order valence-corrected chi connectivity index (χ1v) is 11.2. The van der Waals surface area contributed by atoms with Gasteiger partial charge in [-0.15, -0.1) is 10.2 Å². The van der Waals surface area contributed by atoms with Gasteiger partial charge in [-0.2, -0.15) is 0 Å². The van der Waals surface area contributed by atoms with Gasteiger partial charge in [-0.05, 0) is 30.5 Å². The van der Waals surface area contributed by atoms with Crippen molar-refractivity contribution in [3.8, 4) is 0 Å². The van der Waals surface area contributed by atoms with Crippen molar-refractivity contribution in [2.45, 2.75) is 23.7 Å². The van der Waals surface area contributed by atoms with Crippen LogP contribution in [0.4, 0.5) is 5.13 Å². The first-order valence-electron chi connectivity index (χ1n) is 9.42. The molecule has 0 aliphatic carbocycles. The van der Waals surface area contributed by atoms with Crippen LogP contribution in [-0.2, 0) is 6.54 Å². The minimum Gasteiger partial charge on any atom is -0.356 e. The molecule has 0 fully saturated rings. The zero-order valence-electron chi connectivity index (χ0n) is 15.7. The number of rotatable bonds is 9. The van der Waals surface area contributed by atoms with Gasteiger partial charge < -0.3 is 5.32 Å². The second-order valence-corrected chi connectivity index (χ2v) is 8.89. The molecule has 6 nitrogen and oxygen atoms in total. The molecule has 3 aromatic rings. The molecule has 0 atom stereocenters. The van der Waals surface area contributed by atoms with Gasteiger partial charge in [0.2, 0.25) is 5.13 Å². The predicted molar refractivity (Wildman–Crippen MR) is 115 cm³/mol. The van der Waals surface area contributed by atoms with Gasteiger partial charge in [-0.3, -0.25) is 14.5 Å². The number of hydrogen-bond acceptors (Lipinski definition) is 7. The maximum Gasteiger partial charge on any atom is 0.261 e. The van der Waals surface area contributed by atoms with Crippen LogP contribution in [0.1, 0.15) is 39.1 Å². The minimum absolute atomic E-state index is 0.184. The number of nitrogens with one attached hydrogen (secondary N) is 1.